The standard InChI is InChI=1S/C12H8BrN5S/c13-10-7-4-8-14-11(10)19-12-15-16-17-18(12)9-5-2-1-3-6-9/h1-8H. The molecule has 19 heavy (non-hydrogen) atoms. The fourth-order valence-electron chi connectivity index (χ4n) is 1.51. The van der Waals surface area contributed by atoms with Gasteiger partial charge in [-0.25, -0.2) is 4.98 Å². The van der Waals surface area contributed by atoms with Gasteiger partial charge in [0, 0.05) is 6.20 Å². The van der Waals surface area contributed by atoms with Gasteiger partial charge in [0.25, 0.3) is 0 Å². The maximum atomic E-state index is 4.30. The lowest BCUT2D eigenvalue weighted by Gasteiger charge is -2.04. The lowest BCUT2D eigenvalue weighted by molar-refractivity contribution is 0.756. The van der Waals surface area contributed by atoms with Crippen LogP contribution in [0.25, 0.3) is 5.69 Å². The van der Waals surface area contributed by atoms with Gasteiger partial charge in [-0.15, -0.1) is 5.10 Å². The SMILES string of the molecule is Brc1cccnc1Sc1nnnn1-c1ccccc1. The van der Waals surface area contributed by atoms with Gasteiger partial charge in [-0.1, -0.05) is 18.2 Å². The van der Waals surface area contributed by atoms with Gasteiger partial charge >= 0.3 is 0 Å². The summed E-state index contributed by atoms with van der Waals surface area (Å²) in [4.78, 5) is 4.30. The predicted molar refractivity (Wildman–Crippen MR) is 75.2 cm³/mol. The third-order valence-electron chi connectivity index (χ3n) is 2.35. The quantitative estimate of drug-likeness (QED) is 0.737. The van der Waals surface area contributed by atoms with Crippen LogP contribution in [-0.4, -0.2) is 25.2 Å². The molecule has 0 spiro atoms. The maximum absolute atomic E-state index is 4.30. The zero-order valence-electron chi connectivity index (χ0n) is 9.64. The van der Waals surface area contributed by atoms with Gasteiger partial charge in [0.2, 0.25) is 5.16 Å². The molecule has 0 N–H and O–H groups in total. The third-order valence-corrected chi connectivity index (χ3v) is 4.21. The normalized spacial score (nSPS) is 10.6. The van der Waals surface area contributed by atoms with E-state index in [9.17, 15) is 0 Å². The Bertz CT molecular complexity index is 685. The molecule has 7 heteroatoms. The number of para-hydroxylation sites is 1. The first-order valence-corrected chi connectivity index (χ1v) is 7.08. The highest BCUT2D eigenvalue weighted by Gasteiger charge is 2.12. The molecule has 0 saturated heterocycles. The number of tetrazole rings is 1. The molecule has 5 nitrogen and oxygen atoms in total. The molecular formula is C12H8BrN5S. The van der Waals surface area contributed by atoms with Crippen molar-refractivity contribution in [2.75, 3.05) is 0 Å². The molecule has 0 atom stereocenters. The number of halogens is 1. The van der Waals surface area contributed by atoms with E-state index in [1.54, 1.807) is 10.9 Å². The van der Waals surface area contributed by atoms with Crippen molar-refractivity contribution in [3.8, 4) is 5.69 Å². The molecule has 0 aliphatic heterocycles. The Balaban J connectivity index is 1.96. The van der Waals surface area contributed by atoms with E-state index in [0.717, 1.165) is 15.2 Å². The number of benzene rings is 1. The number of hydrogen-bond acceptors (Lipinski definition) is 5. The van der Waals surface area contributed by atoms with E-state index in [-0.39, 0.29) is 0 Å². The summed E-state index contributed by atoms with van der Waals surface area (Å²) >= 11 is 4.87. The molecule has 0 radical (unpaired) electrons. The molecule has 94 valence electrons. The first-order chi connectivity index (χ1) is 9.34. The Kier molecular flexibility index (Phi) is 3.56. The molecule has 0 amide bonds. The summed E-state index contributed by atoms with van der Waals surface area (Å²) in [7, 11) is 0. The van der Waals surface area contributed by atoms with E-state index in [2.05, 4.69) is 36.4 Å². The van der Waals surface area contributed by atoms with Gasteiger partial charge in [-0.05, 0) is 62.4 Å². The van der Waals surface area contributed by atoms with Gasteiger partial charge in [0.05, 0.1) is 10.2 Å². The van der Waals surface area contributed by atoms with E-state index in [4.69, 9.17) is 0 Å². The largest absolute Gasteiger partial charge is 0.248 e. The van der Waals surface area contributed by atoms with Gasteiger partial charge in [-0.3, -0.25) is 0 Å². The summed E-state index contributed by atoms with van der Waals surface area (Å²) < 4.78 is 2.61. The van der Waals surface area contributed by atoms with Crippen LogP contribution < -0.4 is 0 Å². The fourth-order valence-corrected chi connectivity index (χ4v) is 2.76. The number of hydrogen-bond donors (Lipinski definition) is 0. The summed E-state index contributed by atoms with van der Waals surface area (Å²) in [5.74, 6) is 0. The minimum Gasteiger partial charge on any atom is -0.248 e. The number of rotatable bonds is 3. The molecular weight excluding hydrogens is 326 g/mol. The average molecular weight is 334 g/mol. The van der Waals surface area contributed by atoms with Crippen molar-refractivity contribution >= 4 is 27.7 Å². The smallest absolute Gasteiger partial charge is 0.220 e. The minimum absolute atomic E-state index is 0.672. The Morgan fingerprint density at radius 3 is 2.68 bits per heavy atom. The van der Waals surface area contributed by atoms with Crippen molar-refractivity contribution in [3.63, 3.8) is 0 Å². The fraction of sp³-hybridized carbons (Fsp3) is 0. The molecule has 1 aromatic carbocycles. The molecule has 0 unspecified atom stereocenters. The van der Waals surface area contributed by atoms with Crippen LogP contribution in [0, 0.1) is 0 Å². The number of pyridine rings is 1. The predicted octanol–water partition coefficient (Wildman–Crippen LogP) is 2.97. The molecule has 3 aromatic rings. The molecule has 0 fully saturated rings. The second-order valence-electron chi connectivity index (χ2n) is 3.60. The van der Waals surface area contributed by atoms with Crippen molar-refractivity contribution in [2.24, 2.45) is 0 Å². The summed E-state index contributed by atoms with van der Waals surface area (Å²) in [6.45, 7) is 0. The molecule has 0 aliphatic carbocycles. The second-order valence-corrected chi connectivity index (χ2v) is 5.41. The van der Waals surface area contributed by atoms with Crippen LogP contribution in [0.1, 0.15) is 0 Å². The summed E-state index contributed by atoms with van der Waals surface area (Å²) in [6.07, 6.45) is 1.74. The van der Waals surface area contributed by atoms with E-state index in [0.29, 0.717) is 5.16 Å². The van der Waals surface area contributed by atoms with Crippen LogP contribution in [0.2, 0.25) is 0 Å². The molecule has 0 aliphatic rings. The monoisotopic (exact) mass is 333 g/mol. The summed E-state index contributed by atoms with van der Waals surface area (Å²) in [6, 6.07) is 13.6. The highest BCUT2D eigenvalue weighted by molar-refractivity contribution is 9.10. The van der Waals surface area contributed by atoms with Crippen LogP contribution in [0.15, 0.2) is 63.3 Å². The highest BCUT2D eigenvalue weighted by Crippen LogP contribution is 2.30. The van der Waals surface area contributed by atoms with Crippen molar-refractivity contribution in [1.82, 2.24) is 25.2 Å². The number of aromatic nitrogens is 5. The maximum Gasteiger partial charge on any atom is 0.220 e. The Morgan fingerprint density at radius 1 is 1.05 bits per heavy atom. The van der Waals surface area contributed by atoms with Gasteiger partial charge < -0.3 is 0 Å². The summed E-state index contributed by atoms with van der Waals surface area (Å²) in [5.41, 5.74) is 0.919. The van der Waals surface area contributed by atoms with Gasteiger partial charge in [0.15, 0.2) is 0 Å². The second kappa shape index (κ2) is 5.50. The molecule has 3 rings (SSSR count). The topological polar surface area (TPSA) is 56.5 Å². The van der Waals surface area contributed by atoms with Crippen LogP contribution in [0.5, 0.6) is 0 Å². The van der Waals surface area contributed by atoms with Crippen molar-refractivity contribution in [2.45, 2.75) is 10.2 Å². The lowest BCUT2D eigenvalue weighted by Crippen LogP contribution is -1.98. The minimum atomic E-state index is 0.672. The highest BCUT2D eigenvalue weighted by atomic mass is 79.9. The van der Waals surface area contributed by atoms with E-state index in [1.807, 2.05) is 42.5 Å². The van der Waals surface area contributed by atoms with Gasteiger partial charge in [-0.2, -0.15) is 4.68 Å². The van der Waals surface area contributed by atoms with Crippen LogP contribution in [0.4, 0.5) is 0 Å². The van der Waals surface area contributed by atoms with Crippen LogP contribution in [-0.2, 0) is 0 Å². The molecule has 2 heterocycles. The van der Waals surface area contributed by atoms with E-state index < -0.39 is 0 Å². The lowest BCUT2D eigenvalue weighted by atomic mass is 10.3. The molecule has 0 bridgehead atoms. The molecule has 0 saturated carbocycles. The van der Waals surface area contributed by atoms with Crippen molar-refractivity contribution in [3.05, 3.63) is 53.1 Å². The molecule has 2 aromatic heterocycles. The zero-order chi connectivity index (χ0) is 13.1. The first-order valence-electron chi connectivity index (χ1n) is 5.47. The van der Waals surface area contributed by atoms with E-state index >= 15 is 0 Å². The van der Waals surface area contributed by atoms with Crippen molar-refractivity contribution < 1.29 is 0 Å². The Hall–Kier alpha value is -1.73. The Labute approximate surface area is 122 Å². The zero-order valence-corrected chi connectivity index (χ0v) is 12.0. The summed E-state index contributed by atoms with van der Waals surface area (Å²) in [5, 5.41) is 13.3. The van der Waals surface area contributed by atoms with Crippen molar-refractivity contribution in [1.29, 1.82) is 0 Å². The van der Waals surface area contributed by atoms with Gasteiger partial charge in [0.1, 0.15) is 5.03 Å². The van der Waals surface area contributed by atoms with E-state index in [1.165, 1.54) is 11.8 Å². The Morgan fingerprint density at radius 2 is 1.89 bits per heavy atom. The number of nitrogens with zero attached hydrogens (tertiary/aromatic N) is 5. The average Bonchev–Trinajstić information content (AvgIpc) is 2.91. The van der Waals surface area contributed by atoms with Crippen LogP contribution in [0.3, 0.4) is 0 Å². The van der Waals surface area contributed by atoms with Crippen LogP contribution >= 0.6 is 27.7 Å². The first kappa shape index (κ1) is 12.3. The third kappa shape index (κ3) is 2.66.